The van der Waals surface area contributed by atoms with E-state index in [1.165, 1.54) is 0 Å². The minimum Gasteiger partial charge on any atom is -0.489 e. The number of amides is 2. The van der Waals surface area contributed by atoms with Gasteiger partial charge in [0.1, 0.15) is 18.2 Å². The van der Waals surface area contributed by atoms with E-state index in [1.54, 1.807) is 6.20 Å². The number of anilines is 1. The van der Waals surface area contributed by atoms with Crippen molar-refractivity contribution in [3.05, 3.63) is 42.5 Å². The highest BCUT2D eigenvalue weighted by molar-refractivity contribution is 5.97. The molecule has 1 unspecified atom stereocenters. The quantitative estimate of drug-likeness (QED) is 0.872. The lowest BCUT2D eigenvalue weighted by Crippen LogP contribution is -2.41. The van der Waals surface area contributed by atoms with Crippen LogP contribution in [0.1, 0.15) is 12.7 Å². The number of imidazole rings is 1. The number of aromatic nitrogens is 2. The Balaban J connectivity index is 1.60. The molecule has 0 N–H and O–H groups in total. The third-order valence-corrected chi connectivity index (χ3v) is 4.30. The van der Waals surface area contributed by atoms with Crippen LogP contribution in [-0.4, -0.2) is 39.7 Å². The first-order valence-corrected chi connectivity index (χ1v) is 7.58. The monoisotopic (exact) mass is 298 g/mol. The zero-order valence-corrected chi connectivity index (χ0v) is 12.5. The van der Waals surface area contributed by atoms with Crippen LogP contribution < -0.4 is 9.64 Å². The number of carbonyl (C=O) groups is 1. The van der Waals surface area contributed by atoms with Crippen LogP contribution in [0.3, 0.4) is 0 Å². The summed E-state index contributed by atoms with van der Waals surface area (Å²) in [5.41, 5.74) is 0.866. The minimum absolute atomic E-state index is 0.0337. The number of benzene rings is 1. The van der Waals surface area contributed by atoms with Gasteiger partial charge >= 0.3 is 6.03 Å². The highest BCUT2D eigenvalue weighted by atomic mass is 16.5. The molecule has 6 heteroatoms. The van der Waals surface area contributed by atoms with E-state index in [2.05, 4.69) is 16.5 Å². The third kappa shape index (κ3) is 1.94. The highest BCUT2D eigenvalue weighted by Crippen LogP contribution is 2.37. The average molecular weight is 298 g/mol. The second kappa shape index (κ2) is 5.05. The van der Waals surface area contributed by atoms with Crippen LogP contribution >= 0.6 is 0 Å². The zero-order valence-electron chi connectivity index (χ0n) is 12.5. The molecular formula is C16H18N4O2. The molecule has 2 aliphatic heterocycles. The summed E-state index contributed by atoms with van der Waals surface area (Å²) in [7, 11) is 0. The molecule has 1 aromatic carbocycles. The second-order valence-corrected chi connectivity index (χ2v) is 5.60. The summed E-state index contributed by atoms with van der Waals surface area (Å²) in [5.74, 6) is 1.70. The molecule has 0 bridgehead atoms. The fourth-order valence-electron chi connectivity index (χ4n) is 3.20. The van der Waals surface area contributed by atoms with Gasteiger partial charge < -0.3 is 14.2 Å². The summed E-state index contributed by atoms with van der Waals surface area (Å²) >= 11 is 0. The zero-order chi connectivity index (χ0) is 15.1. The van der Waals surface area contributed by atoms with Crippen LogP contribution in [0.4, 0.5) is 10.5 Å². The number of hydrogen-bond acceptors (Lipinski definition) is 3. The lowest BCUT2D eigenvalue weighted by Gasteiger charge is -2.30. The second-order valence-electron chi connectivity index (χ2n) is 5.60. The molecule has 2 amide bonds. The largest absolute Gasteiger partial charge is 0.489 e. The molecule has 2 aromatic rings. The van der Waals surface area contributed by atoms with Crippen molar-refractivity contribution < 1.29 is 9.53 Å². The Kier molecular flexibility index (Phi) is 3.03. The molecule has 0 radical (unpaired) electrons. The Morgan fingerprint density at radius 1 is 1.36 bits per heavy atom. The molecular weight excluding hydrogens is 280 g/mol. The van der Waals surface area contributed by atoms with Gasteiger partial charge in [0, 0.05) is 25.5 Å². The molecule has 3 heterocycles. The van der Waals surface area contributed by atoms with Gasteiger partial charge in [-0.2, -0.15) is 0 Å². The van der Waals surface area contributed by atoms with Crippen LogP contribution in [0.15, 0.2) is 36.7 Å². The maximum absolute atomic E-state index is 12.8. The fourth-order valence-corrected chi connectivity index (χ4v) is 3.20. The summed E-state index contributed by atoms with van der Waals surface area (Å²) in [4.78, 5) is 20.9. The van der Waals surface area contributed by atoms with E-state index >= 15 is 0 Å². The third-order valence-electron chi connectivity index (χ3n) is 4.30. The Morgan fingerprint density at radius 2 is 2.23 bits per heavy atom. The Labute approximate surface area is 128 Å². The summed E-state index contributed by atoms with van der Waals surface area (Å²) in [6, 6.07) is 7.82. The van der Waals surface area contributed by atoms with Gasteiger partial charge in [-0.1, -0.05) is 12.1 Å². The molecule has 1 aromatic heterocycles. The van der Waals surface area contributed by atoms with Crippen molar-refractivity contribution in [2.75, 3.05) is 18.1 Å². The average Bonchev–Trinajstić information content (AvgIpc) is 3.12. The van der Waals surface area contributed by atoms with Gasteiger partial charge in [0.05, 0.1) is 18.3 Å². The molecule has 0 saturated carbocycles. The fraction of sp³-hybridized carbons (Fsp3) is 0.375. The molecule has 1 saturated heterocycles. The molecule has 6 nitrogen and oxygen atoms in total. The van der Waals surface area contributed by atoms with Crippen LogP contribution in [0.25, 0.3) is 0 Å². The highest BCUT2D eigenvalue weighted by Gasteiger charge is 2.42. The molecule has 22 heavy (non-hydrogen) atoms. The standard InChI is InChI=1S/C16H18N4O2/c1-2-18-8-7-17-15(18)10-19-9-12-11-22-14-6-4-3-5-13(14)20(12)16(19)21/h3-8,12H,2,9-11H2,1H3. The van der Waals surface area contributed by atoms with Crippen molar-refractivity contribution in [3.8, 4) is 5.75 Å². The Morgan fingerprint density at radius 3 is 3.09 bits per heavy atom. The smallest absolute Gasteiger partial charge is 0.325 e. The molecule has 0 aliphatic carbocycles. The number of aryl methyl sites for hydroxylation is 1. The van der Waals surface area contributed by atoms with E-state index in [4.69, 9.17) is 4.74 Å². The Bertz CT molecular complexity index is 712. The van der Waals surface area contributed by atoms with E-state index in [1.807, 2.05) is 40.3 Å². The lowest BCUT2D eigenvalue weighted by atomic mass is 10.2. The van der Waals surface area contributed by atoms with Crippen molar-refractivity contribution in [2.24, 2.45) is 0 Å². The molecule has 4 rings (SSSR count). The summed E-state index contributed by atoms with van der Waals surface area (Å²) in [6.07, 6.45) is 3.73. The van der Waals surface area contributed by atoms with Gasteiger partial charge in [-0.3, -0.25) is 4.90 Å². The number of nitrogens with zero attached hydrogens (tertiary/aromatic N) is 4. The number of hydrogen-bond donors (Lipinski definition) is 0. The minimum atomic E-state index is 0.0337. The summed E-state index contributed by atoms with van der Waals surface area (Å²) in [6.45, 7) is 4.68. The van der Waals surface area contributed by atoms with Crippen molar-refractivity contribution in [1.29, 1.82) is 0 Å². The molecule has 1 fully saturated rings. The summed E-state index contributed by atoms with van der Waals surface area (Å²) < 4.78 is 7.84. The predicted octanol–water partition coefficient (Wildman–Crippen LogP) is 2.11. The van der Waals surface area contributed by atoms with Gasteiger partial charge in [-0.25, -0.2) is 9.78 Å². The van der Waals surface area contributed by atoms with Gasteiger partial charge in [0.2, 0.25) is 0 Å². The first kappa shape index (κ1) is 13.2. The van der Waals surface area contributed by atoms with Gasteiger partial charge in [-0.15, -0.1) is 0 Å². The van der Waals surface area contributed by atoms with Crippen molar-refractivity contribution in [2.45, 2.75) is 26.1 Å². The SMILES string of the molecule is CCn1ccnc1CN1CC2COc3ccccc3N2C1=O. The topological polar surface area (TPSA) is 50.6 Å². The number of fused-ring (bicyclic) bond motifs is 3. The lowest BCUT2D eigenvalue weighted by molar-refractivity contribution is 0.216. The van der Waals surface area contributed by atoms with E-state index in [0.717, 1.165) is 23.8 Å². The van der Waals surface area contributed by atoms with Gasteiger partial charge in [0.15, 0.2) is 0 Å². The van der Waals surface area contributed by atoms with Gasteiger partial charge in [-0.05, 0) is 19.1 Å². The van der Waals surface area contributed by atoms with Crippen LogP contribution in [0.5, 0.6) is 5.75 Å². The van der Waals surface area contributed by atoms with Crippen LogP contribution in [-0.2, 0) is 13.1 Å². The maximum Gasteiger partial charge on any atom is 0.325 e. The number of urea groups is 1. The van der Waals surface area contributed by atoms with E-state index in [9.17, 15) is 4.79 Å². The number of ether oxygens (including phenoxy) is 1. The van der Waals surface area contributed by atoms with Crippen LogP contribution in [0, 0.1) is 0 Å². The first-order valence-electron chi connectivity index (χ1n) is 7.58. The van der Waals surface area contributed by atoms with Crippen molar-refractivity contribution in [1.82, 2.24) is 14.5 Å². The molecule has 2 aliphatic rings. The summed E-state index contributed by atoms with van der Waals surface area (Å²) in [5, 5.41) is 0. The van der Waals surface area contributed by atoms with Crippen molar-refractivity contribution in [3.63, 3.8) is 0 Å². The number of rotatable bonds is 3. The Hall–Kier alpha value is -2.50. The van der Waals surface area contributed by atoms with Gasteiger partial charge in [0.25, 0.3) is 0 Å². The number of carbonyl (C=O) groups excluding carboxylic acids is 1. The predicted molar refractivity (Wildman–Crippen MR) is 81.9 cm³/mol. The molecule has 1 atom stereocenters. The molecule has 0 spiro atoms. The molecule has 114 valence electrons. The number of para-hydroxylation sites is 2. The van der Waals surface area contributed by atoms with E-state index < -0.39 is 0 Å². The normalized spacial score (nSPS) is 19.9. The first-order chi connectivity index (χ1) is 10.8. The maximum atomic E-state index is 12.8. The van der Waals surface area contributed by atoms with E-state index in [0.29, 0.717) is 19.7 Å². The van der Waals surface area contributed by atoms with Crippen LogP contribution in [0.2, 0.25) is 0 Å². The van der Waals surface area contributed by atoms with E-state index in [-0.39, 0.29) is 12.1 Å². The van der Waals surface area contributed by atoms with Crippen molar-refractivity contribution >= 4 is 11.7 Å².